The number of allylic oxidation sites excluding steroid dienone is 1. The van der Waals surface area contributed by atoms with Crippen molar-refractivity contribution in [2.45, 2.75) is 25.4 Å². The summed E-state index contributed by atoms with van der Waals surface area (Å²) in [6.45, 7) is 2.79. The second-order valence-electron chi connectivity index (χ2n) is 9.23. The SMILES string of the molecule is COc1ccc(/C=C/C(=O)c2ccc(OCC(=O)NC3CCN(Cc4ccccc4)CC3)cc2)cc1OC. The Labute approximate surface area is 224 Å². The van der Waals surface area contributed by atoms with E-state index in [0.717, 1.165) is 38.0 Å². The Hall–Kier alpha value is -4.10. The summed E-state index contributed by atoms with van der Waals surface area (Å²) in [7, 11) is 3.15. The molecule has 1 aliphatic rings. The molecule has 1 amide bonds. The average molecular weight is 515 g/mol. The van der Waals surface area contributed by atoms with Gasteiger partial charge in [0.25, 0.3) is 5.91 Å². The third-order valence-corrected chi connectivity index (χ3v) is 6.55. The topological polar surface area (TPSA) is 77.1 Å². The molecule has 198 valence electrons. The molecule has 3 aromatic rings. The highest BCUT2D eigenvalue weighted by atomic mass is 16.5. The smallest absolute Gasteiger partial charge is 0.258 e. The number of hydrogen-bond donors (Lipinski definition) is 1. The first-order valence-electron chi connectivity index (χ1n) is 12.8. The number of amides is 1. The van der Waals surface area contributed by atoms with E-state index in [0.29, 0.717) is 22.8 Å². The van der Waals surface area contributed by atoms with Gasteiger partial charge in [-0.2, -0.15) is 0 Å². The minimum atomic E-state index is -0.136. The number of nitrogens with zero attached hydrogens (tertiary/aromatic N) is 1. The molecular weight excluding hydrogens is 480 g/mol. The molecule has 38 heavy (non-hydrogen) atoms. The molecule has 1 saturated heterocycles. The number of rotatable bonds is 11. The van der Waals surface area contributed by atoms with E-state index < -0.39 is 0 Å². The fourth-order valence-electron chi connectivity index (χ4n) is 4.44. The van der Waals surface area contributed by atoms with Crippen molar-refractivity contribution in [1.29, 1.82) is 0 Å². The van der Waals surface area contributed by atoms with E-state index in [1.807, 2.05) is 12.1 Å². The monoisotopic (exact) mass is 514 g/mol. The predicted octanol–water partition coefficient (Wildman–Crippen LogP) is 4.76. The highest BCUT2D eigenvalue weighted by Gasteiger charge is 2.21. The lowest BCUT2D eigenvalue weighted by atomic mass is 10.0. The van der Waals surface area contributed by atoms with Crippen LogP contribution in [0.15, 0.2) is 78.9 Å². The number of hydrogen-bond acceptors (Lipinski definition) is 6. The maximum atomic E-state index is 12.6. The van der Waals surface area contributed by atoms with Crippen LogP contribution in [0.25, 0.3) is 6.08 Å². The van der Waals surface area contributed by atoms with Gasteiger partial charge in [0.05, 0.1) is 14.2 Å². The number of methoxy groups -OCH3 is 2. The van der Waals surface area contributed by atoms with Gasteiger partial charge in [0.15, 0.2) is 23.9 Å². The predicted molar refractivity (Wildman–Crippen MR) is 148 cm³/mol. The number of carbonyl (C=O) groups excluding carboxylic acids is 2. The van der Waals surface area contributed by atoms with Gasteiger partial charge in [-0.3, -0.25) is 14.5 Å². The molecule has 7 heteroatoms. The molecule has 0 aromatic heterocycles. The number of carbonyl (C=O) groups is 2. The van der Waals surface area contributed by atoms with Gasteiger partial charge in [-0.1, -0.05) is 42.5 Å². The van der Waals surface area contributed by atoms with Crippen LogP contribution in [-0.2, 0) is 11.3 Å². The molecule has 1 heterocycles. The molecule has 0 spiro atoms. The standard InChI is InChI=1S/C31H34N2O5/c1-36-29-15-9-23(20-30(29)37-2)8-14-28(34)25-10-12-27(13-11-25)38-22-31(35)32-26-16-18-33(19-17-26)21-24-6-4-3-5-7-24/h3-15,20,26H,16-19,21-22H2,1-2H3,(H,32,35)/b14-8+. The van der Waals surface area contributed by atoms with Crippen molar-refractivity contribution in [1.82, 2.24) is 10.2 Å². The van der Waals surface area contributed by atoms with E-state index in [2.05, 4.69) is 34.5 Å². The largest absolute Gasteiger partial charge is 0.493 e. The first kappa shape index (κ1) is 26.9. The van der Waals surface area contributed by atoms with E-state index in [4.69, 9.17) is 14.2 Å². The quantitative estimate of drug-likeness (QED) is 0.294. The molecule has 0 unspecified atom stereocenters. The molecular formula is C31H34N2O5. The summed E-state index contributed by atoms with van der Waals surface area (Å²) in [5.41, 5.74) is 2.66. The fraction of sp³-hybridized carbons (Fsp3) is 0.290. The van der Waals surface area contributed by atoms with E-state index in [9.17, 15) is 9.59 Å². The van der Waals surface area contributed by atoms with Crippen molar-refractivity contribution in [3.05, 3.63) is 95.6 Å². The lowest BCUT2D eigenvalue weighted by Gasteiger charge is -2.32. The number of benzene rings is 3. The van der Waals surface area contributed by atoms with E-state index in [-0.39, 0.29) is 24.3 Å². The Bertz CT molecular complexity index is 1230. The molecule has 1 aliphatic heterocycles. The zero-order valence-electron chi connectivity index (χ0n) is 21.9. The first-order chi connectivity index (χ1) is 18.5. The van der Waals surface area contributed by atoms with Gasteiger partial charge < -0.3 is 19.5 Å². The summed E-state index contributed by atoms with van der Waals surface area (Å²) in [5.74, 6) is 1.50. The normalized spacial score (nSPS) is 14.3. The van der Waals surface area contributed by atoms with Gasteiger partial charge in [-0.25, -0.2) is 0 Å². The summed E-state index contributed by atoms with van der Waals surface area (Å²) in [6, 6.07) is 22.8. The van der Waals surface area contributed by atoms with Gasteiger partial charge in [-0.05, 0) is 66.4 Å². The summed E-state index contributed by atoms with van der Waals surface area (Å²) in [6.07, 6.45) is 5.08. The number of likely N-dealkylation sites (tertiary alicyclic amines) is 1. The van der Waals surface area contributed by atoms with Crippen LogP contribution in [0.5, 0.6) is 17.2 Å². The first-order valence-corrected chi connectivity index (χ1v) is 12.8. The molecule has 0 radical (unpaired) electrons. The molecule has 0 saturated carbocycles. The highest BCUT2D eigenvalue weighted by molar-refractivity contribution is 6.06. The van der Waals surface area contributed by atoms with Crippen molar-refractivity contribution >= 4 is 17.8 Å². The molecule has 0 atom stereocenters. The number of nitrogens with one attached hydrogen (secondary N) is 1. The van der Waals surface area contributed by atoms with Crippen molar-refractivity contribution in [3.8, 4) is 17.2 Å². The summed E-state index contributed by atoms with van der Waals surface area (Å²) in [5, 5.41) is 3.08. The minimum Gasteiger partial charge on any atom is -0.493 e. The van der Waals surface area contributed by atoms with Crippen LogP contribution in [0.4, 0.5) is 0 Å². The third kappa shape index (κ3) is 7.70. The average Bonchev–Trinajstić information content (AvgIpc) is 2.96. The second-order valence-corrected chi connectivity index (χ2v) is 9.23. The summed E-state index contributed by atoms with van der Waals surface area (Å²) in [4.78, 5) is 27.4. The third-order valence-electron chi connectivity index (χ3n) is 6.55. The molecule has 3 aromatic carbocycles. The molecule has 7 nitrogen and oxygen atoms in total. The van der Waals surface area contributed by atoms with E-state index in [1.165, 1.54) is 11.6 Å². The second kappa shape index (κ2) is 13.4. The maximum Gasteiger partial charge on any atom is 0.258 e. The minimum absolute atomic E-state index is 0.0588. The van der Waals surface area contributed by atoms with Gasteiger partial charge in [0.1, 0.15) is 5.75 Å². The van der Waals surface area contributed by atoms with Gasteiger partial charge in [0.2, 0.25) is 0 Å². The molecule has 1 fully saturated rings. The molecule has 0 bridgehead atoms. The summed E-state index contributed by atoms with van der Waals surface area (Å²) < 4.78 is 16.2. The van der Waals surface area contributed by atoms with Crippen molar-refractivity contribution in [3.63, 3.8) is 0 Å². The molecule has 4 rings (SSSR count). The van der Waals surface area contributed by atoms with Crippen LogP contribution in [0.2, 0.25) is 0 Å². The summed E-state index contributed by atoms with van der Waals surface area (Å²) >= 11 is 0. The van der Waals surface area contributed by atoms with Crippen LogP contribution < -0.4 is 19.5 Å². The Balaban J connectivity index is 1.19. The zero-order valence-corrected chi connectivity index (χ0v) is 21.9. The lowest BCUT2D eigenvalue weighted by molar-refractivity contribution is -0.124. The van der Waals surface area contributed by atoms with E-state index >= 15 is 0 Å². The Morgan fingerprint density at radius 1 is 0.921 bits per heavy atom. The van der Waals surface area contributed by atoms with Crippen molar-refractivity contribution < 1.29 is 23.8 Å². The van der Waals surface area contributed by atoms with Crippen LogP contribution in [0.3, 0.4) is 0 Å². The van der Waals surface area contributed by atoms with Crippen LogP contribution >= 0.6 is 0 Å². The van der Waals surface area contributed by atoms with Gasteiger partial charge in [-0.15, -0.1) is 0 Å². The Morgan fingerprint density at radius 2 is 1.63 bits per heavy atom. The Kier molecular flexibility index (Phi) is 9.54. The number of ketones is 1. The van der Waals surface area contributed by atoms with Crippen LogP contribution in [0.1, 0.15) is 34.3 Å². The number of ether oxygens (including phenoxy) is 3. The van der Waals surface area contributed by atoms with Crippen molar-refractivity contribution in [2.75, 3.05) is 33.9 Å². The highest BCUT2D eigenvalue weighted by Crippen LogP contribution is 2.28. The zero-order chi connectivity index (χ0) is 26.7. The Morgan fingerprint density at radius 3 is 2.32 bits per heavy atom. The fourth-order valence-corrected chi connectivity index (χ4v) is 4.44. The van der Waals surface area contributed by atoms with Crippen molar-refractivity contribution in [2.24, 2.45) is 0 Å². The van der Waals surface area contributed by atoms with Gasteiger partial charge >= 0.3 is 0 Å². The maximum absolute atomic E-state index is 12.6. The molecule has 0 aliphatic carbocycles. The van der Waals surface area contributed by atoms with E-state index in [1.54, 1.807) is 56.7 Å². The van der Waals surface area contributed by atoms with Gasteiger partial charge in [0, 0.05) is 31.2 Å². The lowest BCUT2D eigenvalue weighted by Crippen LogP contribution is -2.45. The molecule has 1 N–H and O–H groups in total. The van der Waals surface area contributed by atoms with Crippen LogP contribution in [-0.4, -0.2) is 56.5 Å². The van der Waals surface area contributed by atoms with Crippen LogP contribution in [0, 0.1) is 0 Å². The number of piperidine rings is 1.